The number of H-pyrrole nitrogens is 1. The predicted molar refractivity (Wildman–Crippen MR) is 67.5 cm³/mol. The van der Waals surface area contributed by atoms with E-state index in [4.69, 9.17) is 5.73 Å². The molecule has 0 saturated heterocycles. The van der Waals surface area contributed by atoms with Gasteiger partial charge < -0.3 is 16.2 Å². The number of nitrogens with zero attached hydrogens (tertiary/aromatic N) is 2. The summed E-state index contributed by atoms with van der Waals surface area (Å²) in [5.41, 5.74) is 5.92. The lowest BCUT2D eigenvalue weighted by Crippen LogP contribution is -2.24. The van der Waals surface area contributed by atoms with Gasteiger partial charge in [0.2, 0.25) is 0 Å². The van der Waals surface area contributed by atoms with Gasteiger partial charge in [0.05, 0.1) is 11.8 Å². The van der Waals surface area contributed by atoms with E-state index in [1.807, 2.05) is 0 Å². The maximum atomic E-state index is 11.8. The SMILES string of the molecule is Cn1ncc(CNC(=O)c2cc(O)[nH]c(=O)c2)c1N. The lowest BCUT2D eigenvalue weighted by Gasteiger charge is -2.05. The maximum absolute atomic E-state index is 11.8. The van der Waals surface area contributed by atoms with Gasteiger partial charge in [0.15, 0.2) is 5.88 Å². The summed E-state index contributed by atoms with van der Waals surface area (Å²) in [7, 11) is 1.69. The molecule has 0 atom stereocenters. The first-order valence-electron chi connectivity index (χ1n) is 5.45. The van der Waals surface area contributed by atoms with Crippen molar-refractivity contribution in [3.8, 4) is 5.88 Å². The van der Waals surface area contributed by atoms with Gasteiger partial charge in [-0.3, -0.25) is 19.3 Å². The second-order valence-electron chi connectivity index (χ2n) is 3.98. The van der Waals surface area contributed by atoms with E-state index in [1.165, 1.54) is 10.7 Å². The number of aromatic nitrogens is 3. The molecule has 100 valence electrons. The van der Waals surface area contributed by atoms with Crippen LogP contribution >= 0.6 is 0 Å². The van der Waals surface area contributed by atoms with Gasteiger partial charge in [-0.25, -0.2) is 0 Å². The number of aromatic amines is 1. The van der Waals surface area contributed by atoms with E-state index in [9.17, 15) is 14.7 Å². The van der Waals surface area contributed by atoms with E-state index < -0.39 is 11.5 Å². The number of amides is 1. The second-order valence-corrected chi connectivity index (χ2v) is 3.98. The van der Waals surface area contributed by atoms with Gasteiger partial charge in [-0.1, -0.05) is 0 Å². The largest absolute Gasteiger partial charge is 0.494 e. The zero-order valence-electron chi connectivity index (χ0n) is 10.2. The van der Waals surface area contributed by atoms with E-state index in [-0.39, 0.29) is 18.0 Å². The van der Waals surface area contributed by atoms with E-state index >= 15 is 0 Å². The van der Waals surface area contributed by atoms with Crippen molar-refractivity contribution in [3.63, 3.8) is 0 Å². The monoisotopic (exact) mass is 263 g/mol. The third-order valence-corrected chi connectivity index (χ3v) is 2.60. The van der Waals surface area contributed by atoms with Crippen molar-refractivity contribution >= 4 is 11.7 Å². The minimum atomic E-state index is -0.550. The van der Waals surface area contributed by atoms with Crippen LogP contribution in [0.3, 0.4) is 0 Å². The molecule has 0 aliphatic heterocycles. The number of nitrogens with one attached hydrogen (secondary N) is 2. The van der Waals surface area contributed by atoms with Crippen molar-refractivity contribution < 1.29 is 9.90 Å². The summed E-state index contributed by atoms with van der Waals surface area (Å²) in [5, 5.41) is 15.7. The summed E-state index contributed by atoms with van der Waals surface area (Å²) in [6, 6.07) is 2.27. The Morgan fingerprint density at radius 2 is 2.32 bits per heavy atom. The molecule has 0 aliphatic carbocycles. The van der Waals surface area contributed by atoms with Crippen LogP contribution in [0.5, 0.6) is 5.88 Å². The zero-order chi connectivity index (χ0) is 14.0. The molecule has 0 fully saturated rings. The molecule has 2 aromatic rings. The summed E-state index contributed by atoms with van der Waals surface area (Å²) >= 11 is 0. The summed E-state index contributed by atoms with van der Waals surface area (Å²) in [6.07, 6.45) is 1.55. The molecule has 0 aliphatic rings. The molecule has 1 amide bonds. The quantitative estimate of drug-likeness (QED) is 0.584. The van der Waals surface area contributed by atoms with E-state index in [0.717, 1.165) is 6.07 Å². The maximum Gasteiger partial charge on any atom is 0.251 e. The smallest absolute Gasteiger partial charge is 0.251 e. The van der Waals surface area contributed by atoms with Crippen LogP contribution in [0, 0.1) is 0 Å². The molecular formula is C11H13N5O3. The second kappa shape index (κ2) is 4.84. The van der Waals surface area contributed by atoms with Crippen molar-refractivity contribution in [2.75, 3.05) is 5.73 Å². The Hall–Kier alpha value is -2.77. The third kappa shape index (κ3) is 2.73. The number of carbonyl (C=O) groups excluding carboxylic acids is 1. The molecule has 8 nitrogen and oxygen atoms in total. The van der Waals surface area contributed by atoms with Gasteiger partial charge in [0.25, 0.3) is 11.5 Å². The average molecular weight is 263 g/mol. The van der Waals surface area contributed by atoms with Gasteiger partial charge in [-0.2, -0.15) is 5.10 Å². The number of carbonyl (C=O) groups is 1. The summed E-state index contributed by atoms with van der Waals surface area (Å²) in [4.78, 5) is 25.1. The first kappa shape index (κ1) is 12.7. The van der Waals surface area contributed by atoms with Crippen molar-refractivity contribution in [1.29, 1.82) is 0 Å². The molecule has 2 rings (SSSR count). The first-order valence-corrected chi connectivity index (χ1v) is 5.45. The van der Waals surface area contributed by atoms with Gasteiger partial charge in [0, 0.05) is 31.3 Å². The van der Waals surface area contributed by atoms with Crippen LogP contribution in [-0.4, -0.2) is 25.8 Å². The highest BCUT2D eigenvalue weighted by Crippen LogP contribution is 2.09. The van der Waals surface area contributed by atoms with Crippen LogP contribution in [0.2, 0.25) is 0 Å². The zero-order valence-corrected chi connectivity index (χ0v) is 10.2. The Balaban J connectivity index is 2.09. The number of aromatic hydroxyl groups is 1. The fourth-order valence-corrected chi connectivity index (χ4v) is 1.57. The lowest BCUT2D eigenvalue weighted by atomic mass is 10.2. The first-order chi connectivity index (χ1) is 8.97. The molecule has 0 bridgehead atoms. The predicted octanol–water partition coefficient (Wildman–Crippen LogP) is -0.674. The number of nitrogen functional groups attached to an aromatic ring is 1. The van der Waals surface area contributed by atoms with Crippen molar-refractivity contribution in [3.05, 3.63) is 39.8 Å². The number of hydrogen-bond donors (Lipinski definition) is 4. The van der Waals surface area contributed by atoms with Crippen molar-refractivity contribution in [2.45, 2.75) is 6.54 Å². The highest BCUT2D eigenvalue weighted by molar-refractivity contribution is 5.94. The number of pyridine rings is 1. The minimum Gasteiger partial charge on any atom is -0.494 e. The highest BCUT2D eigenvalue weighted by Gasteiger charge is 2.10. The van der Waals surface area contributed by atoms with Crippen LogP contribution in [-0.2, 0) is 13.6 Å². The molecule has 0 spiro atoms. The van der Waals surface area contributed by atoms with E-state index in [1.54, 1.807) is 13.2 Å². The number of rotatable bonds is 3. The summed E-state index contributed by atoms with van der Waals surface area (Å²) in [5.74, 6) is -0.391. The fourth-order valence-electron chi connectivity index (χ4n) is 1.57. The molecule has 19 heavy (non-hydrogen) atoms. The molecule has 0 aromatic carbocycles. The van der Waals surface area contributed by atoms with Crippen LogP contribution in [0.15, 0.2) is 23.1 Å². The number of aryl methyl sites for hydroxylation is 1. The van der Waals surface area contributed by atoms with E-state index in [2.05, 4.69) is 15.4 Å². The molecule has 2 heterocycles. The Labute approximate surface area is 107 Å². The Kier molecular flexibility index (Phi) is 3.23. The molecule has 0 saturated carbocycles. The normalized spacial score (nSPS) is 10.4. The average Bonchev–Trinajstić information content (AvgIpc) is 2.66. The van der Waals surface area contributed by atoms with Crippen molar-refractivity contribution in [1.82, 2.24) is 20.1 Å². The van der Waals surface area contributed by atoms with Crippen LogP contribution in [0.1, 0.15) is 15.9 Å². The minimum absolute atomic E-state index is 0.0729. The molecular weight excluding hydrogens is 250 g/mol. The molecule has 2 aromatic heterocycles. The summed E-state index contributed by atoms with van der Waals surface area (Å²) in [6.45, 7) is 0.187. The number of nitrogens with two attached hydrogens (primary N) is 1. The Morgan fingerprint density at radius 3 is 2.89 bits per heavy atom. The Bertz CT molecular complexity index is 673. The molecule has 8 heteroatoms. The summed E-state index contributed by atoms with van der Waals surface area (Å²) < 4.78 is 1.49. The standard InChI is InChI=1S/C11H13N5O3/c1-16-10(12)7(5-14-16)4-13-11(19)6-2-8(17)15-9(18)3-6/h2-3,5H,4,12H2,1H3,(H,13,19)(H2,15,17,18). The highest BCUT2D eigenvalue weighted by atomic mass is 16.3. The van der Waals surface area contributed by atoms with Crippen molar-refractivity contribution in [2.24, 2.45) is 7.05 Å². The Morgan fingerprint density at radius 1 is 1.58 bits per heavy atom. The fraction of sp³-hybridized carbons (Fsp3) is 0.182. The number of hydrogen-bond acceptors (Lipinski definition) is 5. The van der Waals surface area contributed by atoms with Gasteiger partial charge in [0.1, 0.15) is 5.82 Å². The molecule has 5 N–H and O–H groups in total. The van der Waals surface area contributed by atoms with Gasteiger partial charge >= 0.3 is 0 Å². The lowest BCUT2D eigenvalue weighted by molar-refractivity contribution is 0.0950. The topological polar surface area (TPSA) is 126 Å². The van der Waals surface area contributed by atoms with Gasteiger partial charge in [-0.15, -0.1) is 0 Å². The third-order valence-electron chi connectivity index (χ3n) is 2.60. The van der Waals surface area contributed by atoms with Crippen LogP contribution in [0.4, 0.5) is 5.82 Å². The molecule has 0 radical (unpaired) electrons. The van der Waals surface area contributed by atoms with Gasteiger partial charge in [-0.05, 0) is 0 Å². The molecule has 0 unspecified atom stereocenters. The number of anilines is 1. The van der Waals surface area contributed by atoms with E-state index in [0.29, 0.717) is 11.4 Å². The van der Waals surface area contributed by atoms with Crippen LogP contribution < -0.4 is 16.6 Å². The van der Waals surface area contributed by atoms with Crippen LogP contribution in [0.25, 0.3) is 0 Å².